The van der Waals surface area contributed by atoms with Gasteiger partial charge >= 0.3 is 0 Å². The lowest BCUT2D eigenvalue weighted by Crippen LogP contribution is -2.27. The number of H-pyrrole nitrogens is 1. The van der Waals surface area contributed by atoms with Crippen molar-refractivity contribution in [2.75, 3.05) is 20.8 Å². The first-order valence-corrected chi connectivity index (χ1v) is 9.17. The number of aromatic amines is 1. The van der Waals surface area contributed by atoms with E-state index in [1.54, 1.807) is 14.2 Å². The van der Waals surface area contributed by atoms with Crippen LogP contribution < -0.4 is 14.8 Å². The highest BCUT2D eigenvalue weighted by Crippen LogP contribution is 2.33. The molecule has 2 heterocycles. The second kappa shape index (κ2) is 7.31. The van der Waals surface area contributed by atoms with Crippen LogP contribution in [0.25, 0.3) is 21.8 Å². The number of aromatic nitrogens is 2. The van der Waals surface area contributed by atoms with E-state index in [9.17, 15) is 4.79 Å². The number of methoxy groups -OCH3 is 2. The molecule has 2 aromatic heterocycles. The van der Waals surface area contributed by atoms with Crippen molar-refractivity contribution < 1.29 is 14.3 Å². The van der Waals surface area contributed by atoms with E-state index in [-0.39, 0.29) is 5.91 Å². The minimum Gasteiger partial charge on any atom is -0.493 e. The SMILES string of the molecule is COc1cc2cc(C(=O)NCCc3c[nH]c4ccccc34)n(C)c2cc1OC. The second-order valence-electron chi connectivity index (χ2n) is 6.72. The van der Waals surface area contributed by atoms with Gasteiger partial charge in [0.25, 0.3) is 5.91 Å². The Morgan fingerprint density at radius 2 is 1.86 bits per heavy atom. The van der Waals surface area contributed by atoms with E-state index in [1.165, 1.54) is 10.9 Å². The maximum atomic E-state index is 12.7. The predicted octanol–water partition coefficient (Wildman–Crippen LogP) is 3.65. The third-order valence-corrected chi connectivity index (χ3v) is 5.14. The number of hydrogen-bond acceptors (Lipinski definition) is 3. The molecule has 0 aliphatic heterocycles. The zero-order chi connectivity index (χ0) is 19.7. The van der Waals surface area contributed by atoms with E-state index in [2.05, 4.69) is 22.4 Å². The minimum absolute atomic E-state index is 0.100. The molecule has 0 spiro atoms. The average molecular weight is 377 g/mol. The number of hydrogen-bond donors (Lipinski definition) is 2. The van der Waals surface area contributed by atoms with Crippen LogP contribution >= 0.6 is 0 Å². The highest BCUT2D eigenvalue weighted by Gasteiger charge is 2.16. The monoisotopic (exact) mass is 377 g/mol. The first-order chi connectivity index (χ1) is 13.6. The molecule has 0 saturated heterocycles. The molecule has 6 nitrogen and oxygen atoms in total. The van der Waals surface area contributed by atoms with Crippen molar-refractivity contribution in [2.45, 2.75) is 6.42 Å². The van der Waals surface area contributed by atoms with Gasteiger partial charge in [0.2, 0.25) is 0 Å². The Hall–Kier alpha value is -3.41. The Morgan fingerprint density at radius 3 is 2.64 bits per heavy atom. The van der Waals surface area contributed by atoms with Crippen LogP contribution in [0.5, 0.6) is 11.5 Å². The predicted molar refractivity (Wildman–Crippen MR) is 110 cm³/mol. The Morgan fingerprint density at radius 1 is 1.11 bits per heavy atom. The van der Waals surface area contributed by atoms with Gasteiger partial charge in [-0.2, -0.15) is 0 Å². The van der Waals surface area contributed by atoms with Crippen LogP contribution in [0.3, 0.4) is 0 Å². The third kappa shape index (κ3) is 3.07. The van der Waals surface area contributed by atoms with Gasteiger partial charge < -0.3 is 24.3 Å². The van der Waals surface area contributed by atoms with Gasteiger partial charge in [-0.15, -0.1) is 0 Å². The number of aryl methyl sites for hydroxylation is 1. The van der Waals surface area contributed by atoms with Crippen molar-refractivity contribution in [3.63, 3.8) is 0 Å². The van der Waals surface area contributed by atoms with Gasteiger partial charge in [0.05, 0.1) is 19.7 Å². The molecule has 2 aromatic carbocycles. The van der Waals surface area contributed by atoms with Crippen LogP contribution in [-0.4, -0.2) is 36.2 Å². The molecule has 6 heteroatoms. The van der Waals surface area contributed by atoms with Crippen molar-refractivity contribution in [1.82, 2.24) is 14.9 Å². The fourth-order valence-electron chi connectivity index (χ4n) is 3.62. The normalized spacial score (nSPS) is 11.1. The summed E-state index contributed by atoms with van der Waals surface area (Å²) in [4.78, 5) is 16.0. The topological polar surface area (TPSA) is 68.3 Å². The molecular formula is C22H23N3O3. The van der Waals surface area contributed by atoms with E-state index in [4.69, 9.17) is 9.47 Å². The maximum absolute atomic E-state index is 12.7. The Kier molecular flexibility index (Phi) is 4.69. The number of nitrogens with one attached hydrogen (secondary N) is 2. The van der Waals surface area contributed by atoms with Gasteiger partial charge in [0.15, 0.2) is 11.5 Å². The smallest absolute Gasteiger partial charge is 0.267 e. The molecule has 4 aromatic rings. The Bertz CT molecular complexity index is 1160. The average Bonchev–Trinajstić information content (AvgIpc) is 3.28. The molecule has 0 atom stereocenters. The van der Waals surface area contributed by atoms with Crippen molar-refractivity contribution in [2.24, 2.45) is 7.05 Å². The van der Waals surface area contributed by atoms with Crippen molar-refractivity contribution in [3.8, 4) is 11.5 Å². The lowest BCUT2D eigenvalue weighted by molar-refractivity contribution is 0.0946. The summed E-state index contributed by atoms with van der Waals surface area (Å²) in [5.74, 6) is 1.19. The lowest BCUT2D eigenvalue weighted by atomic mass is 10.1. The molecule has 4 rings (SSSR count). The van der Waals surface area contributed by atoms with Crippen LogP contribution in [0.1, 0.15) is 16.1 Å². The molecule has 28 heavy (non-hydrogen) atoms. The maximum Gasteiger partial charge on any atom is 0.267 e. The van der Waals surface area contributed by atoms with Gasteiger partial charge in [0.1, 0.15) is 5.69 Å². The van der Waals surface area contributed by atoms with Crippen LogP contribution in [-0.2, 0) is 13.5 Å². The van der Waals surface area contributed by atoms with E-state index in [1.807, 2.05) is 48.1 Å². The van der Waals surface area contributed by atoms with Gasteiger partial charge in [-0.25, -0.2) is 0 Å². The standard InChI is InChI=1S/C22H23N3O3/c1-25-18-12-21(28-3)20(27-2)11-15(18)10-19(25)22(26)23-9-8-14-13-24-17-7-5-4-6-16(14)17/h4-7,10-13,24H,8-9H2,1-3H3,(H,23,26). The molecule has 144 valence electrons. The molecule has 0 radical (unpaired) electrons. The molecule has 0 saturated carbocycles. The Balaban J connectivity index is 1.51. The van der Waals surface area contributed by atoms with Crippen LogP contribution in [0.4, 0.5) is 0 Å². The van der Waals surface area contributed by atoms with Gasteiger partial charge in [0, 0.05) is 42.1 Å². The zero-order valence-electron chi connectivity index (χ0n) is 16.2. The van der Waals surface area contributed by atoms with Crippen LogP contribution in [0, 0.1) is 0 Å². The summed E-state index contributed by atoms with van der Waals surface area (Å²) in [6.45, 7) is 0.564. The molecule has 0 bridgehead atoms. The molecular weight excluding hydrogens is 354 g/mol. The number of amides is 1. The number of fused-ring (bicyclic) bond motifs is 2. The summed E-state index contributed by atoms with van der Waals surface area (Å²) in [7, 11) is 5.08. The van der Waals surface area contributed by atoms with E-state index < -0.39 is 0 Å². The lowest BCUT2D eigenvalue weighted by Gasteiger charge is -2.09. The van der Waals surface area contributed by atoms with E-state index in [0.717, 1.165) is 22.8 Å². The largest absolute Gasteiger partial charge is 0.493 e. The number of ether oxygens (including phenoxy) is 2. The van der Waals surface area contributed by atoms with Gasteiger partial charge in [-0.1, -0.05) is 18.2 Å². The zero-order valence-corrected chi connectivity index (χ0v) is 16.2. The summed E-state index contributed by atoms with van der Waals surface area (Å²) < 4.78 is 12.6. The van der Waals surface area contributed by atoms with Crippen molar-refractivity contribution in [3.05, 3.63) is 59.9 Å². The third-order valence-electron chi connectivity index (χ3n) is 5.14. The number of carbonyl (C=O) groups excluding carboxylic acids is 1. The van der Waals surface area contributed by atoms with Crippen LogP contribution in [0.2, 0.25) is 0 Å². The highest BCUT2D eigenvalue weighted by molar-refractivity contribution is 5.99. The highest BCUT2D eigenvalue weighted by atomic mass is 16.5. The minimum atomic E-state index is -0.100. The first-order valence-electron chi connectivity index (χ1n) is 9.17. The Labute approximate surface area is 163 Å². The fraction of sp³-hybridized carbons (Fsp3) is 0.227. The summed E-state index contributed by atoms with van der Waals surface area (Å²) in [5.41, 5.74) is 3.83. The molecule has 2 N–H and O–H groups in total. The number of carbonyl (C=O) groups is 1. The number of rotatable bonds is 6. The summed E-state index contributed by atoms with van der Waals surface area (Å²) in [6, 6.07) is 13.8. The van der Waals surface area contributed by atoms with E-state index >= 15 is 0 Å². The molecule has 0 aliphatic rings. The first kappa shape index (κ1) is 18.0. The second-order valence-corrected chi connectivity index (χ2v) is 6.72. The molecule has 1 amide bonds. The summed E-state index contributed by atoms with van der Waals surface area (Å²) in [6.07, 6.45) is 2.77. The fourth-order valence-corrected chi connectivity index (χ4v) is 3.62. The van der Waals surface area contributed by atoms with Gasteiger partial charge in [-0.05, 0) is 30.2 Å². The van der Waals surface area contributed by atoms with Gasteiger partial charge in [-0.3, -0.25) is 4.79 Å². The van der Waals surface area contributed by atoms with E-state index in [0.29, 0.717) is 23.7 Å². The summed E-state index contributed by atoms with van der Waals surface area (Å²) >= 11 is 0. The number of para-hydroxylation sites is 1. The summed E-state index contributed by atoms with van der Waals surface area (Å²) in [5, 5.41) is 5.15. The number of nitrogens with zero attached hydrogens (tertiary/aromatic N) is 1. The number of benzene rings is 2. The van der Waals surface area contributed by atoms with Crippen LogP contribution in [0.15, 0.2) is 48.7 Å². The van der Waals surface area contributed by atoms with Crippen molar-refractivity contribution in [1.29, 1.82) is 0 Å². The molecule has 0 aliphatic carbocycles. The molecule has 0 fully saturated rings. The quantitative estimate of drug-likeness (QED) is 0.539. The van der Waals surface area contributed by atoms with Crippen molar-refractivity contribution >= 4 is 27.7 Å². The molecule has 0 unspecified atom stereocenters.